The number of nitrogens with zero attached hydrogens (tertiary/aromatic N) is 1. The lowest BCUT2D eigenvalue weighted by Crippen LogP contribution is -2.40. The van der Waals surface area contributed by atoms with E-state index in [1.165, 1.54) is 26.0 Å². The van der Waals surface area contributed by atoms with Crippen molar-refractivity contribution in [3.63, 3.8) is 0 Å². The van der Waals surface area contributed by atoms with Crippen molar-refractivity contribution in [2.45, 2.75) is 46.3 Å². The predicted octanol–water partition coefficient (Wildman–Crippen LogP) is 3.56. The quantitative estimate of drug-likeness (QED) is 0.320. The van der Waals surface area contributed by atoms with Gasteiger partial charge in [-0.2, -0.15) is 8.78 Å². The number of ether oxygens (including phenoxy) is 3. The molecule has 1 fully saturated rings. The first-order chi connectivity index (χ1) is 13.5. The molecule has 0 atom stereocenters. The van der Waals surface area contributed by atoms with Crippen LogP contribution < -0.4 is 20.1 Å². The van der Waals surface area contributed by atoms with Crippen molar-refractivity contribution < 1.29 is 23.0 Å². The van der Waals surface area contributed by atoms with E-state index in [1.807, 2.05) is 13.8 Å². The molecule has 0 aromatic heterocycles. The highest BCUT2D eigenvalue weighted by Crippen LogP contribution is 2.48. The Morgan fingerprint density at radius 2 is 2.04 bits per heavy atom. The Hall–Kier alpha value is -2.09. The van der Waals surface area contributed by atoms with E-state index in [2.05, 4.69) is 20.4 Å². The lowest BCUT2D eigenvalue weighted by molar-refractivity contribution is -0.0504. The van der Waals surface area contributed by atoms with E-state index in [9.17, 15) is 8.78 Å². The molecule has 0 saturated heterocycles. The Morgan fingerprint density at radius 3 is 2.64 bits per heavy atom. The van der Waals surface area contributed by atoms with Crippen molar-refractivity contribution in [2.75, 3.05) is 33.4 Å². The Kier molecular flexibility index (Phi) is 8.76. The molecule has 2 rings (SSSR count). The van der Waals surface area contributed by atoms with Gasteiger partial charge in [-0.25, -0.2) is 4.99 Å². The van der Waals surface area contributed by atoms with Gasteiger partial charge >= 0.3 is 6.61 Å². The molecule has 1 saturated carbocycles. The molecule has 1 aliphatic rings. The Morgan fingerprint density at radius 1 is 1.25 bits per heavy atom. The van der Waals surface area contributed by atoms with E-state index >= 15 is 0 Å². The summed E-state index contributed by atoms with van der Waals surface area (Å²) < 4.78 is 40.6. The number of methoxy groups -OCH3 is 1. The molecule has 0 radical (unpaired) electrons. The molecule has 28 heavy (non-hydrogen) atoms. The highest BCUT2D eigenvalue weighted by Gasteiger charge is 2.41. The standard InChI is InChI=1S/C20H31F2N3O3/c1-4-23-19(25-14-20(8-9-20)10-11-27-5-2)24-13-15-12-16(26-3)6-7-17(15)28-18(21)22/h6-7,12,18H,4-5,8-11,13-14H2,1-3H3,(H2,23,24,25). The van der Waals surface area contributed by atoms with Crippen molar-refractivity contribution in [1.82, 2.24) is 10.6 Å². The third-order valence-corrected chi connectivity index (χ3v) is 4.80. The van der Waals surface area contributed by atoms with Gasteiger partial charge in [-0.1, -0.05) is 0 Å². The van der Waals surface area contributed by atoms with E-state index in [0.29, 0.717) is 23.8 Å². The van der Waals surface area contributed by atoms with Crippen LogP contribution in [0.25, 0.3) is 0 Å². The van der Waals surface area contributed by atoms with Gasteiger partial charge in [0.05, 0.1) is 13.7 Å². The van der Waals surface area contributed by atoms with Gasteiger partial charge in [0, 0.05) is 31.9 Å². The third-order valence-electron chi connectivity index (χ3n) is 4.80. The summed E-state index contributed by atoms with van der Waals surface area (Å²) in [6.45, 7) is 4.30. The number of hydrogen-bond donors (Lipinski definition) is 2. The number of rotatable bonds is 12. The third kappa shape index (κ3) is 7.14. The number of hydrogen-bond acceptors (Lipinski definition) is 4. The number of guanidine groups is 1. The van der Waals surface area contributed by atoms with E-state index in [-0.39, 0.29) is 17.7 Å². The van der Waals surface area contributed by atoms with E-state index in [0.717, 1.165) is 26.2 Å². The number of nitrogens with one attached hydrogen (secondary N) is 2. The molecule has 0 aliphatic heterocycles. The average molecular weight is 399 g/mol. The maximum absolute atomic E-state index is 12.7. The van der Waals surface area contributed by atoms with Crippen LogP contribution in [0, 0.1) is 5.41 Å². The van der Waals surface area contributed by atoms with Crippen LogP contribution in [0.3, 0.4) is 0 Å². The zero-order valence-corrected chi connectivity index (χ0v) is 16.9. The number of benzene rings is 1. The van der Waals surface area contributed by atoms with Gasteiger partial charge in [0.2, 0.25) is 0 Å². The maximum atomic E-state index is 12.7. The fourth-order valence-corrected chi connectivity index (χ4v) is 2.92. The Bertz CT molecular complexity index is 637. The molecular formula is C20H31F2N3O3. The average Bonchev–Trinajstić information content (AvgIpc) is 3.45. The summed E-state index contributed by atoms with van der Waals surface area (Å²) in [4.78, 5) is 4.54. The van der Waals surface area contributed by atoms with Crippen molar-refractivity contribution in [3.05, 3.63) is 23.8 Å². The smallest absolute Gasteiger partial charge is 0.387 e. The molecule has 0 amide bonds. The zero-order valence-electron chi connectivity index (χ0n) is 16.9. The highest BCUT2D eigenvalue weighted by atomic mass is 19.3. The molecule has 0 spiro atoms. The van der Waals surface area contributed by atoms with Crippen LogP contribution in [0.1, 0.15) is 38.7 Å². The first-order valence-electron chi connectivity index (χ1n) is 9.73. The van der Waals surface area contributed by atoms with Crippen molar-refractivity contribution >= 4 is 5.96 Å². The highest BCUT2D eigenvalue weighted by molar-refractivity contribution is 5.79. The summed E-state index contributed by atoms with van der Waals surface area (Å²) in [6.07, 6.45) is 3.37. The van der Waals surface area contributed by atoms with Crippen molar-refractivity contribution in [1.29, 1.82) is 0 Å². The lowest BCUT2D eigenvalue weighted by atomic mass is 10.0. The molecule has 2 N–H and O–H groups in total. The second kappa shape index (κ2) is 11.0. The zero-order chi connectivity index (χ0) is 20.4. The predicted molar refractivity (Wildman–Crippen MR) is 105 cm³/mol. The van der Waals surface area contributed by atoms with Gasteiger partial charge in [-0.05, 0) is 56.7 Å². The summed E-state index contributed by atoms with van der Waals surface area (Å²) in [5.74, 6) is 1.32. The molecule has 1 aromatic carbocycles. The molecule has 8 heteroatoms. The van der Waals surface area contributed by atoms with Crippen LogP contribution in [0.4, 0.5) is 8.78 Å². The van der Waals surface area contributed by atoms with Crippen LogP contribution in [-0.4, -0.2) is 46.0 Å². The fraction of sp³-hybridized carbons (Fsp3) is 0.650. The fourth-order valence-electron chi connectivity index (χ4n) is 2.92. The SMILES string of the molecule is CCNC(=NCc1cc(OC)ccc1OC(F)F)NCC1(CCOCC)CC1. The molecule has 6 nitrogen and oxygen atoms in total. The first-order valence-corrected chi connectivity index (χ1v) is 9.73. The van der Waals surface area contributed by atoms with E-state index < -0.39 is 6.61 Å². The van der Waals surface area contributed by atoms with Gasteiger partial charge in [0.25, 0.3) is 0 Å². The topological polar surface area (TPSA) is 64.1 Å². The number of halogens is 2. The Balaban J connectivity index is 2.01. The maximum Gasteiger partial charge on any atom is 0.387 e. The minimum Gasteiger partial charge on any atom is -0.497 e. The van der Waals surface area contributed by atoms with Gasteiger partial charge in [-0.3, -0.25) is 0 Å². The largest absolute Gasteiger partial charge is 0.497 e. The molecule has 158 valence electrons. The first kappa shape index (κ1) is 22.2. The summed E-state index contributed by atoms with van der Waals surface area (Å²) in [7, 11) is 1.53. The van der Waals surface area contributed by atoms with Crippen LogP contribution >= 0.6 is 0 Å². The van der Waals surface area contributed by atoms with Crippen LogP contribution in [0.15, 0.2) is 23.2 Å². The van der Waals surface area contributed by atoms with Gasteiger partial charge in [0.15, 0.2) is 5.96 Å². The molecule has 0 bridgehead atoms. The summed E-state index contributed by atoms with van der Waals surface area (Å²) in [5, 5.41) is 6.57. The van der Waals surface area contributed by atoms with Crippen LogP contribution in [0.2, 0.25) is 0 Å². The summed E-state index contributed by atoms with van der Waals surface area (Å²) in [5.41, 5.74) is 0.806. The molecular weight excluding hydrogens is 368 g/mol. The second-order valence-electron chi connectivity index (χ2n) is 6.85. The van der Waals surface area contributed by atoms with Gasteiger partial charge < -0.3 is 24.8 Å². The van der Waals surface area contributed by atoms with Crippen LogP contribution in [-0.2, 0) is 11.3 Å². The molecule has 0 heterocycles. The summed E-state index contributed by atoms with van der Waals surface area (Å²) >= 11 is 0. The normalized spacial score (nSPS) is 15.4. The number of aliphatic imine (C=N–C) groups is 1. The van der Waals surface area contributed by atoms with E-state index in [4.69, 9.17) is 9.47 Å². The lowest BCUT2D eigenvalue weighted by Gasteiger charge is -2.18. The monoisotopic (exact) mass is 399 g/mol. The summed E-state index contributed by atoms with van der Waals surface area (Å²) in [6, 6.07) is 4.72. The molecule has 1 aliphatic carbocycles. The molecule has 1 aromatic rings. The van der Waals surface area contributed by atoms with Gasteiger partial charge in [0.1, 0.15) is 11.5 Å². The van der Waals surface area contributed by atoms with Crippen molar-refractivity contribution in [3.8, 4) is 11.5 Å². The minimum atomic E-state index is -2.89. The second-order valence-corrected chi connectivity index (χ2v) is 6.85. The van der Waals surface area contributed by atoms with E-state index in [1.54, 1.807) is 12.1 Å². The van der Waals surface area contributed by atoms with Crippen LogP contribution in [0.5, 0.6) is 11.5 Å². The van der Waals surface area contributed by atoms with Crippen molar-refractivity contribution in [2.24, 2.45) is 10.4 Å². The molecule has 0 unspecified atom stereocenters. The minimum absolute atomic E-state index is 0.103. The van der Waals surface area contributed by atoms with Gasteiger partial charge in [-0.15, -0.1) is 0 Å². The number of alkyl halides is 2. The Labute approximate surface area is 165 Å².